The lowest BCUT2D eigenvalue weighted by atomic mass is 10.1. The van der Waals surface area contributed by atoms with Crippen LogP contribution in [0.4, 0.5) is 11.5 Å². The molecule has 2 aromatic rings. The molecular weight excluding hydrogens is 262 g/mol. The minimum atomic E-state index is -0.0990. The topological polar surface area (TPSA) is 68.0 Å². The van der Waals surface area contributed by atoms with Gasteiger partial charge in [0, 0.05) is 18.3 Å². The molecule has 0 spiro atoms. The average molecular weight is 276 g/mol. The molecule has 0 aliphatic rings. The maximum atomic E-state index is 11.8. The van der Waals surface area contributed by atoms with Crippen LogP contribution in [0.3, 0.4) is 0 Å². The number of nitrogen functional groups attached to an aromatic ring is 1. The monoisotopic (exact) mass is 275 g/mol. The third kappa shape index (κ3) is 3.96. The highest BCUT2D eigenvalue weighted by Gasteiger charge is 2.05. The van der Waals surface area contributed by atoms with Gasteiger partial charge in [-0.1, -0.05) is 29.8 Å². The summed E-state index contributed by atoms with van der Waals surface area (Å²) in [6.07, 6.45) is 2.46. The smallest absolute Gasteiger partial charge is 0.225 e. The molecule has 1 heterocycles. The molecule has 4 nitrogen and oxygen atoms in total. The van der Waals surface area contributed by atoms with E-state index in [-0.39, 0.29) is 5.91 Å². The summed E-state index contributed by atoms with van der Waals surface area (Å²) in [6.45, 7) is 0. The number of hydrogen-bond acceptors (Lipinski definition) is 3. The Bertz CT molecular complexity index is 569. The highest BCUT2D eigenvalue weighted by molar-refractivity contribution is 6.30. The van der Waals surface area contributed by atoms with Crippen molar-refractivity contribution >= 4 is 29.0 Å². The van der Waals surface area contributed by atoms with E-state index in [4.69, 9.17) is 17.3 Å². The largest absolute Gasteiger partial charge is 0.399 e. The molecular formula is C14H14ClN3O. The van der Waals surface area contributed by atoms with Gasteiger partial charge in [-0.2, -0.15) is 0 Å². The molecule has 19 heavy (non-hydrogen) atoms. The van der Waals surface area contributed by atoms with Crippen LogP contribution in [-0.2, 0) is 11.2 Å². The number of nitrogens with zero attached hydrogens (tertiary/aromatic N) is 1. The second kappa shape index (κ2) is 6.20. The molecule has 1 aromatic carbocycles. The van der Waals surface area contributed by atoms with Gasteiger partial charge in [0.05, 0.1) is 5.02 Å². The number of aromatic nitrogens is 1. The van der Waals surface area contributed by atoms with Gasteiger partial charge in [-0.3, -0.25) is 4.79 Å². The van der Waals surface area contributed by atoms with Gasteiger partial charge in [-0.15, -0.1) is 0 Å². The van der Waals surface area contributed by atoms with Gasteiger partial charge < -0.3 is 11.1 Å². The number of rotatable bonds is 4. The molecule has 0 saturated carbocycles. The number of halogens is 1. The first kappa shape index (κ1) is 13.4. The Balaban J connectivity index is 1.88. The van der Waals surface area contributed by atoms with Crippen LogP contribution in [0.1, 0.15) is 12.0 Å². The van der Waals surface area contributed by atoms with E-state index in [1.807, 2.05) is 24.3 Å². The second-order valence-electron chi connectivity index (χ2n) is 4.11. The molecule has 0 atom stereocenters. The Labute approximate surface area is 116 Å². The van der Waals surface area contributed by atoms with Crippen LogP contribution in [0.15, 0.2) is 42.6 Å². The molecule has 1 aromatic heterocycles. The summed E-state index contributed by atoms with van der Waals surface area (Å²) in [5.41, 5.74) is 7.50. The first-order valence-corrected chi connectivity index (χ1v) is 6.28. The lowest BCUT2D eigenvalue weighted by Crippen LogP contribution is -2.13. The second-order valence-corrected chi connectivity index (χ2v) is 4.55. The molecule has 0 fully saturated rings. The number of nitrogens with one attached hydrogen (secondary N) is 1. The number of nitrogens with two attached hydrogens (primary N) is 1. The van der Waals surface area contributed by atoms with Crippen LogP contribution < -0.4 is 11.1 Å². The number of anilines is 2. The number of aryl methyl sites for hydroxylation is 1. The molecule has 0 bridgehead atoms. The molecule has 98 valence electrons. The molecule has 1 amide bonds. The van der Waals surface area contributed by atoms with Gasteiger partial charge in [-0.25, -0.2) is 4.98 Å². The van der Waals surface area contributed by atoms with Crippen molar-refractivity contribution in [3.8, 4) is 0 Å². The van der Waals surface area contributed by atoms with E-state index in [1.54, 1.807) is 12.1 Å². The quantitative estimate of drug-likeness (QED) is 0.843. The van der Waals surface area contributed by atoms with E-state index in [0.29, 0.717) is 29.4 Å². The molecule has 3 N–H and O–H groups in total. The Kier molecular flexibility index (Phi) is 4.36. The standard InChI is InChI=1S/C14H14ClN3O/c15-11-6-7-13(17-9-11)18-14(19)8-5-10-3-1-2-4-12(10)16/h1-4,6-7,9H,5,8,16H2,(H,17,18,19). The average Bonchev–Trinajstić information content (AvgIpc) is 2.40. The summed E-state index contributed by atoms with van der Waals surface area (Å²) in [5.74, 6) is 0.397. The fourth-order valence-corrected chi connectivity index (χ4v) is 1.78. The van der Waals surface area contributed by atoms with Crippen LogP contribution in [0.5, 0.6) is 0 Å². The Hall–Kier alpha value is -2.07. The van der Waals surface area contributed by atoms with Crippen molar-refractivity contribution in [2.24, 2.45) is 0 Å². The SMILES string of the molecule is Nc1ccccc1CCC(=O)Nc1ccc(Cl)cn1. The number of pyridine rings is 1. The van der Waals surface area contributed by atoms with Crippen LogP contribution >= 0.6 is 11.6 Å². The van der Waals surface area contributed by atoms with Crippen LogP contribution in [-0.4, -0.2) is 10.9 Å². The molecule has 0 saturated heterocycles. The zero-order valence-electron chi connectivity index (χ0n) is 10.3. The van der Waals surface area contributed by atoms with Gasteiger partial charge >= 0.3 is 0 Å². The van der Waals surface area contributed by atoms with Crippen LogP contribution in [0, 0.1) is 0 Å². The lowest BCUT2D eigenvalue weighted by molar-refractivity contribution is -0.116. The number of carbonyl (C=O) groups is 1. The van der Waals surface area contributed by atoms with Gasteiger partial charge in [0.1, 0.15) is 5.82 Å². The number of hydrogen-bond donors (Lipinski definition) is 2. The first-order chi connectivity index (χ1) is 9.15. The minimum absolute atomic E-state index is 0.0990. The molecule has 0 unspecified atom stereocenters. The summed E-state index contributed by atoms with van der Waals surface area (Å²) in [6, 6.07) is 10.9. The summed E-state index contributed by atoms with van der Waals surface area (Å²) < 4.78 is 0. The van der Waals surface area contributed by atoms with Crippen molar-refractivity contribution in [1.29, 1.82) is 0 Å². The predicted octanol–water partition coefficient (Wildman–Crippen LogP) is 2.89. The number of para-hydroxylation sites is 1. The van der Waals surface area contributed by atoms with Crippen molar-refractivity contribution in [3.05, 3.63) is 53.2 Å². The van der Waals surface area contributed by atoms with Crippen molar-refractivity contribution in [3.63, 3.8) is 0 Å². The van der Waals surface area contributed by atoms with Gasteiger partial charge in [0.25, 0.3) is 0 Å². The zero-order chi connectivity index (χ0) is 13.7. The maximum Gasteiger partial charge on any atom is 0.225 e. The van der Waals surface area contributed by atoms with Crippen LogP contribution in [0.2, 0.25) is 5.02 Å². The molecule has 2 rings (SSSR count). The van der Waals surface area contributed by atoms with E-state index in [2.05, 4.69) is 10.3 Å². The number of benzene rings is 1. The molecule has 0 aliphatic carbocycles. The first-order valence-electron chi connectivity index (χ1n) is 5.90. The Morgan fingerprint density at radius 1 is 1.26 bits per heavy atom. The third-order valence-electron chi connectivity index (χ3n) is 2.67. The van der Waals surface area contributed by atoms with E-state index in [9.17, 15) is 4.79 Å². The van der Waals surface area contributed by atoms with E-state index in [0.717, 1.165) is 5.56 Å². The van der Waals surface area contributed by atoms with Gasteiger partial charge in [0.15, 0.2) is 0 Å². The van der Waals surface area contributed by atoms with Crippen molar-refractivity contribution < 1.29 is 4.79 Å². The fraction of sp³-hybridized carbons (Fsp3) is 0.143. The summed E-state index contributed by atoms with van der Waals surface area (Å²) in [7, 11) is 0. The Morgan fingerprint density at radius 3 is 2.74 bits per heavy atom. The number of amides is 1. The van der Waals surface area contributed by atoms with E-state index in [1.165, 1.54) is 6.20 Å². The third-order valence-corrected chi connectivity index (χ3v) is 2.89. The highest BCUT2D eigenvalue weighted by atomic mass is 35.5. The van der Waals surface area contributed by atoms with Crippen molar-refractivity contribution in [1.82, 2.24) is 4.98 Å². The summed E-state index contributed by atoms with van der Waals surface area (Å²) >= 11 is 5.72. The normalized spacial score (nSPS) is 10.2. The van der Waals surface area contributed by atoms with Crippen LogP contribution in [0.25, 0.3) is 0 Å². The summed E-state index contributed by atoms with van der Waals surface area (Å²) in [5, 5.41) is 3.25. The van der Waals surface area contributed by atoms with E-state index < -0.39 is 0 Å². The molecule has 0 aliphatic heterocycles. The van der Waals surface area contributed by atoms with Crippen molar-refractivity contribution in [2.45, 2.75) is 12.8 Å². The minimum Gasteiger partial charge on any atom is -0.399 e. The maximum absolute atomic E-state index is 11.8. The lowest BCUT2D eigenvalue weighted by Gasteiger charge is -2.06. The zero-order valence-corrected chi connectivity index (χ0v) is 11.0. The Morgan fingerprint density at radius 2 is 2.05 bits per heavy atom. The molecule has 0 radical (unpaired) electrons. The summed E-state index contributed by atoms with van der Waals surface area (Å²) in [4.78, 5) is 15.8. The fourth-order valence-electron chi connectivity index (χ4n) is 1.67. The highest BCUT2D eigenvalue weighted by Crippen LogP contribution is 2.14. The van der Waals surface area contributed by atoms with Gasteiger partial charge in [0.2, 0.25) is 5.91 Å². The van der Waals surface area contributed by atoms with E-state index >= 15 is 0 Å². The molecule has 5 heteroatoms. The number of carbonyl (C=O) groups excluding carboxylic acids is 1. The van der Waals surface area contributed by atoms with Gasteiger partial charge in [-0.05, 0) is 30.2 Å². The van der Waals surface area contributed by atoms with Crippen molar-refractivity contribution in [2.75, 3.05) is 11.1 Å². The predicted molar refractivity (Wildman–Crippen MR) is 77.1 cm³/mol.